The Morgan fingerprint density at radius 1 is 1.37 bits per heavy atom. The van der Waals surface area contributed by atoms with E-state index in [1.165, 1.54) is 6.42 Å². The first-order valence-corrected chi connectivity index (χ1v) is 7.40. The van der Waals surface area contributed by atoms with Gasteiger partial charge in [0.1, 0.15) is 0 Å². The van der Waals surface area contributed by atoms with E-state index in [9.17, 15) is 0 Å². The van der Waals surface area contributed by atoms with Crippen molar-refractivity contribution in [1.82, 2.24) is 9.80 Å². The van der Waals surface area contributed by atoms with E-state index in [4.69, 9.17) is 17.3 Å². The first-order valence-electron chi connectivity index (χ1n) is 7.02. The molecule has 1 aliphatic heterocycles. The molecule has 0 amide bonds. The maximum atomic E-state index is 6.34. The van der Waals surface area contributed by atoms with E-state index in [-0.39, 0.29) is 6.04 Å². The molecule has 2 atom stereocenters. The van der Waals surface area contributed by atoms with E-state index in [1.54, 1.807) is 0 Å². The van der Waals surface area contributed by atoms with E-state index >= 15 is 0 Å². The zero-order chi connectivity index (χ0) is 13.8. The summed E-state index contributed by atoms with van der Waals surface area (Å²) in [4.78, 5) is 4.90. The second-order valence-electron chi connectivity index (χ2n) is 5.48. The zero-order valence-corrected chi connectivity index (χ0v) is 12.6. The highest BCUT2D eigenvalue weighted by Gasteiger charge is 2.27. The highest BCUT2D eigenvalue weighted by molar-refractivity contribution is 6.31. The Labute approximate surface area is 121 Å². The van der Waals surface area contributed by atoms with Crippen LogP contribution in [0.1, 0.15) is 24.9 Å². The highest BCUT2D eigenvalue weighted by atomic mass is 35.5. The minimum Gasteiger partial charge on any atom is -0.329 e. The van der Waals surface area contributed by atoms with E-state index in [0.29, 0.717) is 12.6 Å². The Morgan fingerprint density at radius 2 is 2.11 bits per heavy atom. The molecule has 1 aliphatic rings. The van der Waals surface area contributed by atoms with Crippen LogP contribution in [-0.2, 0) is 0 Å². The first kappa shape index (κ1) is 14.8. The molecule has 0 radical (unpaired) electrons. The van der Waals surface area contributed by atoms with Crippen molar-refractivity contribution in [3.63, 3.8) is 0 Å². The average Bonchev–Trinajstić information content (AvgIpc) is 2.54. The fourth-order valence-corrected chi connectivity index (χ4v) is 3.30. The van der Waals surface area contributed by atoms with Gasteiger partial charge >= 0.3 is 0 Å². The fraction of sp³-hybridized carbons (Fsp3) is 0.600. The van der Waals surface area contributed by atoms with Crippen LogP contribution in [0.5, 0.6) is 0 Å². The summed E-state index contributed by atoms with van der Waals surface area (Å²) in [6.45, 7) is 6.21. The quantitative estimate of drug-likeness (QED) is 0.923. The van der Waals surface area contributed by atoms with Gasteiger partial charge in [0.05, 0.1) is 0 Å². The van der Waals surface area contributed by atoms with Gasteiger partial charge in [0, 0.05) is 36.7 Å². The molecule has 1 aromatic rings. The summed E-state index contributed by atoms with van der Waals surface area (Å²) in [5.41, 5.74) is 7.19. The average molecular weight is 282 g/mol. The van der Waals surface area contributed by atoms with Crippen LogP contribution in [0.3, 0.4) is 0 Å². The molecule has 19 heavy (non-hydrogen) atoms. The molecule has 1 heterocycles. The predicted molar refractivity (Wildman–Crippen MR) is 81.5 cm³/mol. The molecule has 0 spiro atoms. The summed E-state index contributed by atoms with van der Waals surface area (Å²) in [5, 5.41) is 0.822. The molecule has 2 unspecified atom stereocenters. The van der Waals surface area contributed by atoms with E-state index < -0.39 is 0 Å². The summed E-state index contributed by atoms with van der Waals surface area (Å²) in [6, 6.07) is 8.78. The predicted octanol–water partition coefficient (Wildman–Crippen LogP) is 2.37. The largest absolute Gasteiger partial charge is 0.329 e. The molecule has 2 N–H and O–H groups in total. The number of hydrogen-bond acceptors (Lipinski definition) is 3. The third kappa shape index (κ3) is 3.48. The lowest BCUT2D eigenvalue weighted by molar-refractivity contribution is 0.146. The molecule has 2 rings (SSSR count). The van der Waals surface area contributed by atoms with Gasteiger partial charge in [-0.15, -0.1) is 0 Å². The SMILES string of the molecule is CC1CN(C)CCCN1C(CN)c1ccccc1Cl. The molecule has 4 heteroatoms. The third-order valence-electron chi connectivity index (χ3n) is 3.99. The minimum absolute atomic E-state index is 0.218. The van der Waals surface area contributed by atoms with E-state index in [2.05, 4.69) is 29.8 Å². The van der Waals surface area contributed by atoms with E-state index in [0.717, 1.165) is 30.2 Å². The molecular weight excluding hydrogens is 258 g/mol. The second-order valence-corrected chi connectivity index (χ2v) is 5.88. The summed E-state index contributed by atoms with van der Waals surface area (Å²) >= 11 is 6.34. The summed E-state index contributed by atoms with van der Waals surface area (Å²) < 4.78 is 0. The molecule has 0 aromatic heterocycles. The Kier molecular flexibility index (Phi) is 5.22. The van der Waals surface area contributed by atoms with Crippen molar-refractivity contribution in [2.45, 2.75) is 25.4 Å². The van der Waals surface area contributed by atoms with Gasteiger partial charge in [-0.1, -0.05) is 29.8 Å². The maximum Gasteiger partial charge on any atom is 0.0488 e. The van der Waals surface area contributed by atoms with Gasteiger partial charge in [-0.2, -0.15) is 0 Å². The van der Waals surface area contributed by atoms with Crippen molar-refractivity contribution < 1.29 is 0 Å². The fourth-order valence-electron chi connectivity index (χ4n) is 3.04. The Bertz CT molecular complexity index is 410. The van der Waals surface area contributed by atoms with Crippen molar-refractivity contribution in [3.05, 3.63) is 34.9 Å². The normalized spacial score (nSPS) is 24.1. The number of nitrogens with two attached hydrogens (primary N) is 1. The maximum absolute atomic E-state index is 6.34. The van der Waals surface area contributed by atoms with Gasteiger partial charge < -0.3 is 10.6 Å². The van der Waals surface area contributed by atoms with Gasteiger partial charge in [-0.3, -0.25) is 4.90 Å². The van der Waals surface area contributed by atoms with Gasteiger partial charge in [0.2, 0.25) is 0 Å². The molecule has 0 aliphatic carbocycles. The number of likely N-dealkylation sites (N-methyl/N-ethyl adjacent to an activating group) is 1. The van der Waals surface area contributed by atoms with Crippen LogP contribution in [0.25, 0.3) is 0 Å². The molecule has 1 fully saturated rings. The van der Waals surface area contributed by atoms with E-state index in [1.807, 2.05) is 18.2 Å². The Hall–Kier alpha value is -0.610. The van der Waals surface area contributed by atoms with Gasteiger partial charge in [-0.05, 0) is 38.6 Å². The van der Waals surface area contributed by atoms with Crippen LogP contribution in [0.2, 0.25) is 5.02 Å². The van der Waals surface area contributed by atoms with Crippen molar-refractivity contribution >= 4 is 11.6 Å². The molecular formula is C15H24ClN3. The standard InChI is InChI=1S/C15H24ClN3/c1-12-11-18(2)8-5-9-19(12)15(10-17)13-6-3-4-7-14(13)16/h3-4,6-7,12,15H,5,8-11,17H2,1-2H3. The van der Waals surface area contributed by atoms with Crippen molar-refractivity contribution in [1.29, 1.82) is 0 Å². The Morgan fingerprint density at radius 3 is 2.79 bits per heavy atom. The molecule has 3 nitrogen and oxygen atoms in total. The lowest BCUT2D eigenvalue weighted by Gasteiger charge is -2.35. The summed E-state index contributed by atoms with van der Waals surface area (Å²) in [7, 11) is 2.19. The van der Waals surface area contributed by atoms with Crippen LogP contribution in [0.4, 0.5) is 0 Å². The van der Waals surface area contributed by atoms with Gasteiger partial charge in [-0.25, -0.2) is 0 Å². The Balaban J connectivity index is 2.23. The summed E-state index contributed by atoms with van der Waals surface area (Å²) in [5.74, 6) is 0. The first-order chi connectivity index (χ1) is 9.13. The zero-order valence-electron chi connectivity index (χ0n) is 11.8. The second kappa shape index (κ2) is 6.71. The van der Waals surface area contributed by atoms with Crippen LogP contribution < -0.4 is 5.73 Å². The number of hydrogen-bond donors (Lipinski definition) is 1. The lowest BCUT2D eigenvalue weighted by Crippen LogP contribution is -2.43. The monoisotopic (exact) mass is 281 g/mol. The number of benzene rings is 1. The van der Waals surface area contributed by atoms with Gasteiger partial charge in [0.25, 0.3) is 0 Å². The molecule has 0 bridgehead atoms. The molecule has 0 saturated carbocycles. The third-order valence-corrected chi connectivity index (χ3v) is 4.33. The van der Waals surface area contributed by atoms with Gasteiger partial charge in [0.15, 0.2) is 0 Å². The smallest absolute Gasteiger partial charge is 0.0488 e. The number of rotatable bonds is 3. The van der Waals surface area contributed by atoms with Crippen LogP contribution >= 0.6 is 11.6 Å². The van der Waals surface area contributed by atoms with Crippen LogP contribution in [0.15, 0.2) is 24.3 Å². The summed E-state index contributed by atoms with van der Waals surface area (Å²) in [6.07, 6.45) is 1.18. The van der Waals surface area contributed by atoms with Crippen molar-refractivity contribution in [2.24, 2.45) is 5.73 Å². The number of halogens is 1. The minimum atomic E-state index is 0.218. The highest BCUT2D eigenvalue weighted by Crippen LogP contribution is 2.29. The number of nitrogens with zero attached hydrogens (tertiary/aromatic N) is 2. The lowest BCUT2D eigenvalue weighted by atomic mass is 10.0. The van der Waals surface area contributed by atoms with Crippen LogP contribution in [0, 0.1) is 0 Å². The topological polar surface area (TPSA) is 32.5 Å². The van der Waals surface area contributed by atoms with Crippen molar-refractivity contribution in [2.75, 3.05) is 33.2 Å². The van der Waals surface area contributed by atoms with Crippen molar-refractivity contribution in [3.8, 4) is 0 Å². The van der Waals surface area contributed by atoms with Crippen LogP contribution in [-0.4, -0.2) is 49.1 Å². The molecule has 1 saturated heterocycles. The molecule has 106 valence electrons. The molecule has 1 aromatic carbocycles.